The first-order valence-electron chi connectivity index (χ1n) is 10.0. The van der Waals surface area contributed by atoms with Gasteiger partial charge in [0.05, 0.1) is 17.5 Å². The van der Waals surface area contributed by atoms with Crippen LogP contribution < -0.4 is 0 Å². The molecule has 2 atom stereocenters. The van der Waals surface area contributed by atoms with E-state index in [1.807, 2.05) is 30.5 Å². The van der Waals surface area contributed by atoms with Crippen molar-refractivity contribution >= 4 is 39.1 Å². The highest BCUT2D eigenvalue weighted by Crippen LogP contribution is 2.47. The summed E-state index contributed by atoms with van der Waals surface area (Å²) in [5.41, 5.74) is 2.62. The van der Waals surface area contributed by atoms with Gasteiger partial charge in [0.25, 0.3) is 5.91 Å². The molecule has 0 aliphatic carbocycles. The van der Waals surface area contributed by atoms with Crippen LogP contribution in [0.4, 0.5) is 0 Å². The number of aromatic hydroxyl groups is 1. The lowest BCUT2D eigenvalue weighted by Gasteiger charge is -2.31. The van der Waals surface area contributed by atoms with Gasteiger partial charge in [-0.1, -0.05) is 23.7 Å². The van der Waals surface area contributed by atoms with Crippen molar-refractivity contribution in [2.75, 3.05) is 17.8 Å². The minimum Gasteiger partial charge on any atom is -0.507 e. The fourth-order valence-corrected chi connectivity index (χ4v) is 6.85. The summed E-state index contributed by atoms with van der Waals surface area (Å²) in [5, 5.41) is 18.1. The maximum Gasteiger partial charge on any atom is 0.273 e. The fraction of sp³-hybridized carbons (Fsp3) is 0.273. The summed E-state index contributed by atoms with van der Waals surface area (Å²) in [6.45, 7) is 0. The lowest BCUT2D eigenvalue weighted by Crippen LogP contribution is -2.40. The summed E-state index contributed by atoms with van der Waals surface area (Å²) < 4.78 is 24.4. The molecule has 2 aliphatic heterocycles. The highest BCUT2D eigenvalue weighted by molar-refractivity contribution is 7.98. The predicted octanol–water partition coefficient (Wildman–Crippen LogP) is 3.89. The van der Waals surface area contributed by atoms with Gasteiger partial charge in [-0.05, 0) is 48.6 Å². The predicted molar refractivity (Wildman–Crippen MR) is 124 cm³/mol. The summed E-state index contributed by atoms with van der Waals surface area (Å²) >= 11 is 7.78. The number of phenols is 1. The zero-order valence-electron chi connectivity index (χ0n) is 17.1. The number of fused-ring (bicyclic) bond motifs is 1. The molecule has 7 nitrogen and oxygen atoms in total. The number of nitrogens with one attached hydrogen (secondary N) is 1. The molecule has 2 N–H and O–H groups in total. The number of benzene rings is 2. The van der Waals surface area contributed by atoms with Gasteiger partial charge in [0, 0.05) is 27.1 Å². The molecule has 166 valence electrons. The normalized spacial score (nSPS) is 21.8. The van der Waals surface area contributed by atoms with Gasteiger partial charge in [0.2, 0.25) is 0 Å². The summed E-state index contributed by atoms with van der Waals surface area (Å²) in [5.74, 6) is -0.294. The Kier molecular flexibility index (Phi) is 5.22. The van der Waals surface area contributed by atoms with Crippen LogP contribution in [0.1, 0.15) is 34.1 Å². The maximum absolute atomic E-state index is 13.5. The van der Waals surface area contributed by atoms with Crippen LogP contribution in [-0.2, 0) is 9.84 Å². The molecule has 0 spiro atoms. The van der Waals surface area contributed by atoms with E-state index >= 15 is 0 Å². The number of thioether (sulfide) groups is 1. The molecule has 1 saturated heterocycles. The number of hydrogen-bond donors (Lipinski definition) is 2. The standard InChI is InChI=1S/C22H20ClN3O4S2/c1-31-15-5-2-12(3-6-15)21-18-19(16-10-13(23)4-7-17(16)27)24-25-20(18)22(28)26(21)14-8-9-32(29,30)11-14/h2-7,10,14,21,27H,8-9,11H2,1H3,(H,24,25). The second-order valence-corrected chi connectivity index (χ2v) is 11.5. The van der Waals surface area contributed by atoms with Crippen molar-refractivity contribution in [2.45, 2.75) is 23.4 Å². The Labute approximate surface area is 194 Å². The Hall–Kier alpha value is -2.49. The van der Waals surface area contributed by atoms with Gasteiger partial charge in [-0.2, -0.15) is 5.10 Å². The van der Waals surface area contributed by atoms with Crippen LogP contribution in [0.2, 0.25) is 5.02 Å². The third-order valence-electron chi connectivity index (χ3n) is 6.05. The second kappa shape index (κ2) is 7.83. The number of hydrogen-bond acceptors (Lipinski definition) is 6. The van der Waals surface area contributed by atoms with Crippen molar-refractivity contribution in [2.24, 2.45) is 0 Å². The highest BCUT2D eigenvalue weighted by Gasteiger charge is 2.48. The average molecular weight is 490 g/mol. The number of nitrogens with zero attached hydrogens (tertiary/aromatic N) is 2. The number of carbonyl (C=O) groups is 1. The average Bonchev–Trinajstić information content (AvgIpc) is 3.43. The molecule has 1 amide bonds. The Morgan fingerprint density at radius 3 is 2.62 bits per heavy atom. The van der Waals surface area contributed by atoms with Crippen LogP contribution in [-0.4, -0.2) is 58.3 Å². The Bertz CT molecular complexity index is 1320. The van der Waals surface area contributed by atoms with E-state index in [4.69, 9.17) is 11.6 Å². The van der Waals surface area contributed by atoms with Crippen LogP contribution in [0.5, 0.6) is 5.75 Å². The minimum absolute atomic E-state index is 0.00507. The van der Waals surface area contributed by atoms with Gasteiger partial charge in [-0.15, -0.1) is 11.8 Å². The molecule has 0 radical (unpaired) electrons. The van der Waals surface area contributed by atoms with Crippen LogP contribution in [0.15, 0.2) is 47.4 Å². The molecule has 2 aromatic carbocycles. The smallest absolute Gasteiger partial charge is 0.273 e. The maximum atomic E-state index is 13.5. The largest absolute Gasteiger partial charge is 0.507 e. The number of carbonyl (C=O) groups excluding carboxylic acids is 1. The number of phenolic OH excluding ortho intramolecular Hbond substituents is 1. The van der Waals surface area contributed by atoms with Crippen LogP contribution in [0.25, 0.3) is 11.3 Å². The van der Waals surface area contributed by atoms with E-state index in [1.165, 1.54) is 6.07 Å². The molecule has 2 aliphatic rings. The molecule has 3 heterocycles. The zero-order chi connectivity index (χ0) is 22.6. The summed E-state index contributed by atoms with van der Waals surface area (Å²) in [7, 11) is -3.20. The number of aromatic nitrogens is 2. The molecule has 2 unspecified atom stereocenters. The monoisotopic (exact) mass is 489 g/mol. The molecule has 5 rings (SSSR count). The molecule has 3 aromatic rings. The highest BCUT2D eigenvalue weighted by atomic mass is 35.5. The molecule has 10 heteroatoms. The van der Waals surface area contributed by atoms with Gasteiger partial charge < -0.3 is 10.0 Å². The number of H-pyrrole nitrogens is 1. The van der Waals surface area contributed by atoms with Crippen LogP contribution >= 0.6 is 23.4 Å². The summed E-state index contributed by atoms with van der Waals surface area (Å²) in [6.07, 6.45) is 2.38. The number of halogens is 1. The number of amides is 1. The molecule has 1 fully saturated rings. The van der Waals surface area contributed by atoms with E-state index in [0.29, 0.717) is 34.0 Å². The Balaban J connectivity index is 1.69. The minimum atomic E-state index is -3.20. The van der Waals surface area contributed by atoms with Gasteiger partial charge >= 0.3 is 0 Å². The van der Waals surface area contributed by atoms with E-state index in [9.17, 15) is 18.3 Å². The number of sulfone groups is 1. The Morgan fingerprint density at radius 1 is 1.22 bits per heavy atom. The van der Waals surface area contributed by atoms with Crippen molar-refractivity contribution in [1.29, 1.82) is 0 Å². The molecule has 32 heavy (non-hydrogen) atoms. The molecule has 0 bridgehead atoms. The van der Waals surface area contributed by atoms with Crippen molar-refractivity contribution in [3.05, 3.63) is 64.3 Å². The van der Waals surface area contributed by atoms with Crippen molar-refractivity contribution < 1.29 is 18.3 Å². The van der Waals surface area contributed by atoms with Gasteiger partial charge in [0.1, 0.15) is 17.1 Å². The summed E-state index contributed by atoms with van der Waals surface area (Å²) in [6, 6.07) is 11.6. The first-order valence-corrected chi connectivity index (χ1v) is 13.5. The van der Waals surface area contributed by atoms with E-state index in [0.717, 1.165) is 10.5 Å². The quantitative estimate of drug-likeness (QED) is 0.539. The first-order chi connectivity index (χ1) is 15.3. The second-order valence-electron chi connectivity index (χ2n) is 7.97. The summed E-state index contributed by atoms with van der Waals surface area (Å²) in [4.78, 5) is 16.2. The van der Waals surface area contributed by atoms with Gasteiger partial charge in [-0.25, -0.2) is 8.42 Å². The Morgan fingerprint density at radius 2 is 1.97 bits per heavy atom. The third-order valence-corrected chi connectivity index (χ3v) is 8.78. The van der Waals surface area contributed by atoms with Gasteiger partial charge in [-0.3, -0.25) is 9.89 Å². The molecule has 0 saturated carbocycles. The molecular formula is C22H20ClN3O4S2. The number of rotatable bonds is 4. The van der Waals surface area contributed by atoms with Crippen molar-refractivity contribution in [3.63, 3.8) is 0 Å². The SMILES string of the molecule is CSc1ccc(C2c3c(-c4cc(Cl)ccc4O)n[nH]c3C(=O)N2C2CCS(=O)(=O)C2)cc1. The topological polar surface area (TPSA) is 103 Å². The molecular weight excluding hydrogens is 470 g/mol. The van der Waals surface area contributed by atoms with Crippen molar-refractivity contribution in [3.8, 4) is 17.0 Å². The van der Waals surface area contributed by atoms with E-state index in [1.54, 1.807) is 28.8 Å². The fourth-order valence-electron chi connectivity index (χ4n) is 4.55. The van der Waals surface area contributed by atoms with Crippen LogP contribution in [0.3, 0.4) is 0 Å². The van der Waals surface area contributed by atoms with Gasteiger partial charge in [0.15, 0.2) is 9.84 Å². The van der Waals surface area contributed by atoms with E-state index < -0.39 is 21.9 Å². The first kappa shape index (κ1) is 21.4. The zero-order valence-corrected chi connectivity index (χ0v) is 19.5. The number of aromatic amines is 1. The van der Waals surface area contributed by atoms with Crippen molar-refractivity contribution in [1.82, 2.24) is 15.1 Å². The third kappa shape index (κ3) is 3.48. The van der Waals surface area contributed by atoms with E-state index in [2.05, 4.69) is 10.2 Å². The molecule has 1 aromatic heterocycles. The lowest BCUT2D eigenvalue weighted by atomic mass is 9.95. The van der Waals surface area contributed by atoms with E-state index in [-0.39, 0.29) is 23.2 Å². The van der Waals surface area contributed by atoms with Crippen LogP contribution in [0, 0.1) is 0 Å². The lowest BCUT2D eigenvalue weighted by molar-refractivity contribution is 0.0677.